The lowest BCUT2D eigenvalue weighted by Gasteiger charge is -2.13. The maximum absolute atomic E-state index is 8.90. The first-order chi connectivity index (χ1) is 7.50. The second kappa shape index (κ2) is 3.91. The van der Waals surface area contributed by atoms with Crippen molar-refractivity contribution in [2.75, 3.05) is 6.61 Å². The number of rotatable bonds is 2. The van der Waals surface area contributed by atoms with Gasteiger partial charge in [0.25, 0.3) is 0 Å². The molecule has 86 valence electrons. The maximum atomic E-state index is 8.90. The van der Waals surface area contributed by atoms with Crippen molar-refractivity contribution in [3.8, 4) is 0 Å². The molecule has 0 saturated carbocycles. The molecule has 1 aromatic carbocycles. The zero-order valence-electron chi connectivity index (χ0n) is 10.0. The van der Waals surface area contributed by atoms with E-state index in [2.05, 4.69) is 36.8 Å². The minimum Gasteiger partial charge on any atom is -0.396 e. The molecule has 1 heterocycles. The molecule has 0 fully saturated rings. The molecule has 0 aliphatic rings. The van der Waals surface area contributed by atoms with Crippen LogP contribution in [-0.4, -0.2) is 21.7 Å². The molecule has 0 saturated heterocycles. The topological polar surface area (TPSA) is 48.9 Å². The summed E-state index contributed by atoms with van der Waals surface area (Å²) in [5, 5.41) is 8.90. The van der Waals surface area contributed by atoms with E-state index in [4.69, 9.17) is 5.11 Å². The van der Waals surface area contributed by atoms with Gasteiger partial charge in [0.2, 0.25) is 0 Å². The highest BCUT2D eigenvalue weighted by atomic mass is 16.2. The first-order valence-electron chi connectivity index (χ1n) is 5.61. The smallest absolute Gasteiger partial charge is 0.112 e. The number of fused-ring (bicyclic) bond motifs is 1. The molecule has 0 aliphatic heterocycles. The highest BCUT2D eigenvalue weighted by molar-refractivity contribution is 5.76. The SMILES string of the molecule is CC(C)(C)c1nc2ccc(CCO)cc2[nH]1. The first kappa shape index (κ1) is 11.1. The van der Waals surface area contributed by atoms with Crippen LogP contribution in [-0.2, 0) is 11.8 Å². The number of benzene rings is 1. The number of hydrogen-bond donors (Lipinski definition) is 2. The summed E-state index contributed by atoms with van der Waals surface area (Å²) in [5.41, 5.74) is 3.22. The van der Waals surface area contributed by atoms with E-state index in [1.54, 1.807) is 0 Å². The van der Waals surface area contributed by atoms with Gasteiger partial charge in [-0.25, -0.2) is 4.98 Å². The van der Waals surface area contributed by atoms with Crippen molar-refractivity contribution in [3.63, 3.8) is 0 Å². The van der Waals surface area contributed by atoms with Gasteiger partial charge in [-0.15, -0.1) is 0 Å². The standard InChI is InChI=1S/C13H18N2O/c1-13(2,3)12-14-10-5-4-9(6-7-16)8-11(10)15-12/h4-5,8,16H,6-7H2,1-3H3,(H,14,15). The third-order valence-corrected chi connectivity index (χ3v) is 2.66. The van der Waals surface area contributed by atoms with E-state index >= 15 is 0 Å². The van der Waals surface area contributed by atoms with Gasteiger partial charge in [-0.1, -0.05) is 26.8 Å². The van der Waals surface area contributed by atoms with E-state index in [1.165, 1.54) is 0 Å². The Morgan fingerprint density at radius 1 is 1.31 bits per heavy atom. The zero-order valence-corrected chi connectivity index (χ0v) is 10.0. The lowest BCUT2D eigenvalue weighted by Crippen LogP contribution is -2.12. The van der Waals surface area contributed by atoms with Crippen LogP contribution in [0.1, 0.15) is 32.2 Å². The molecule has 0 atom stereocenters. The van der Waals surface area contributed by atoms with Crippen LogP contribution in [0, 0.1) is 0 Å². The summed E-state index contributed by atoms with van der Waals surface area (Å²) in [6.45, 7) is 6.60. The van der Waals surface area contributed by atoms with Crippen molar-refractivity contribution >= 4 is 11.0 Å². The third-order valence-electron chi connectivity index (χ3n) is 2.66. The Bertz CT molecular complexity index is 494. The highest BCUT2D eigenvalue weighted by Gasteiger charge is 2.17. The molecule has 3 heteroatoms. The van der Waals surface area contributed by atoms with Crippen LogP contribution >= 0.6 is 0 Å². The number of H-pyrrole nitrogens is 1. The molecule has 0 spiro atoms. The number of aromatic amines is 1. The number of aromatic nitrogens is 2. The maximum Gasteiger partial charge on any atom is 0.112 e. The molecule has 0 aliphatic carbocycles. The van der Waals surface area contributed by atoms with E-state index < -0.39 is 0 Å². The molecule has 2 rings (SSSR count). The molecule has 2 aromatic rings. The Kier molecular flexibility index (Phi) is 2.72. The summed E-state index contributed by atoms with van der Waals surface area (Å²) in [4.78, 5) is 7.91. The molecule has 1 aromatic heterocycles. The summed E-state index contributed by atoms with van der Waals surface area (Å²) >= 11 is 0. The summed E-state index contributed by atoms with van der Waals surface area (Å²) in [7, 11) is 0. The van der Waals surface area contributed by atoms with Gasteiger partial charge in [-0.2, -0.15) is 0 Å². The zero-order chi connectivity index (χ0) is 11.8. The number of aliphatic hydroxyl groups excluding tert-OH is 1. The lowest BCUT2D eigenvalue weighted by molar-refractivity contribution is 0.299. The Hall–Kier alpha value is -1.35. The summed E-state index contributed by atoms with van der Waals surface area (Å²) in [6.07, 6.45) is 0.694. The first-order valence-corrected chi connectivity index (χ1v) is 5.61. The molecule has 0 unspecified atom stereocenters. The van der Waals surface area contributed by atoms with E-state index in [0.717, 1.165) is 22.4 Å². The second-order valence-electron chi connectivity index (χ2n) is 5.16. The number of imidazole rings is 1. The Morgan fingerprint density at radius 3 is 2.69 bits per heavy atom. The molecule has 0 bridgehead atoms. The summed E-state index contributed by atoms with van der Waals surface area (Å²) in [5.74, 6) is 1.00. The lowest BCUT2D eigenvalue weighted by atomic mass is 9.96. The molecular formula is C13H18N2O. The van der Waals surface area contributed by atoms with Crippen molar-refractivity contribution in [1.82, 2.24) is 9.97 Å². The fraction of sp³-hybridized carbons (Fsp3) is 0.462. The van der Waals surface area contributed by atoms with E-state index in [9.17, 15) is 0 Å². The van der Waals surface area contributed by atoms with Crippen molar-refractivity contribution < 1.29 is 5.11 Å². The van der Waals surface area contributed by atoms with Crippen LogP contribution in [0.25, 0.3) is 11.0 Å². The van der Waals surface area contributed by atoms with E-state index in [0.29, 0.717) is 6.42 Å². The van der Waals surface area contributed by atoms with Crippen LogP contribution in [0.15, 0.2) is 18.2 Å². The van der Waals surface area contributed by atoms with Crippen LogP contribution in [0.4, 0.5) is 0 Å². The Labute approximate surface area is 95.5 Å². The molecular weight excluding hydrogens is 200 g/mol. The van der Waals surface area contributed by atoms with Crippen LogP contribution in [0.5, 0.6) is 0 Å². The van der Waals surface area contributed by atoms with E-state index in [-0.39, 0.29) is 12.0 Å². The van der Waals surface area contributed by atoms with Gasteiger partial charge in [0.15, 0.2) is 0 Å². The minimum atomic E-state index is 0.0379. The molecule has 0 radical (unpaired) electrons. The monoisotopic (exact) mass is 218 g/mol. The van der Waals surface area contributed by atoms with Gasteiger partial charge in [0.05, 0.1) is 11.0 Å². The quantitative estimate of drug-likeness (QED) is 0.813. The van der Waals surface area contributed by atoms with Gasteiger partial charge in [-0.3, -0.25) is 0 Å². The third kappa shape index (κ3) is 2.09. The number of nitrogens with one attached hydrogen (secondary N) is 1. The molecule has 2 N–H and O–H groups in total. The van der Waals surface area contributed by atoms with Crippen LogP contribution in [0.3, 0.4) is 0 Å². The fourth-order valence-corrected chi connectivity index (χ4v) is 1.70. The van der Waals surface area contributed by atoms with Crippen molar-refractivity contribution in [2.45, 2.75) is 32.6 Å². The van der Waals surface area contributed by atoms with Gasteiger partial charge in [0, 0.05) is 12.0 Å². The van der Waals surface area contributed by atoms with Crippen LogP contribution in [0.2, 0.25) is 0 Å². The number of nitrogens with zero attached hydrogens (tertiary/aromatic N) is 1. The van der Waals surface area contributed by atoms with Crippen molar-refractivity contribution in [1.29, 1.82) is 0 Å². The molecule has 16 heavy (non-hydrogen) atoms. The number of hydrogen-bond acceptors (Lipinski definition) is 2. The second-order valence-corrected chi connectivity index (χ2v) is 5.16. The summed E-state index contributed by atoms with van der Waals surface area (Å²) in [6, 6.07) is 6.09. The average Bonchev–Trinajstić information content (AvgIpc) is 2.60. The summed E-state index contributed by atoms with van der Waals surface area (Å²) < 4.78 is 0. The van der Waals surface area contributed by atoms with Gasteiger partial charge in [0.1, 0.15) is 5.82 Å². The fourth-order valence-electron chi connectivity index (χ4n) is 1.70. The van der Waals surface area contributed by atoms with Crippen molar-refractivity contribution in [2.24, 2.45) is 0 Å². The predicted octanol–water partition coefficient (Wildman–Crippen LogP) is 2.40. The predicted molar refractivity (Wildman–Crippen MR) is 65.6 cm³/mol. The largest absolute Gasteiger partial charge is 0.396 e. The highest BCUT2D eigenvalue weighted by Crippen LogP contribution is 2.23. The van der Waals surface area contributed by atoms with Crippen LogP contribution < -0.4 is 0 Å². The minimum absolute atomic E-state index is 0.0379. The Morgan fingerprint density at radius 2 is 2.06 bits per heavy atom. The Balaban J connectivity index is 2.46. The molecule has 3 nitrogen and oxygen atoms in total. The van der Waals surface area contributed by atoms with Crippen molar-refractivity contribution in [3.05, 3.63) is 29.6 Å². The average molecular weight is 218 g/mol. The van der Waals surface area contributed by atoms with Gasteiger partial charge in [-0.05, 0) is 24.1 Å². The normalized spacial score (nSPS) is 12.2. The van der Waals surface area contributed by atoms with Gasteiger partial charge >= 0.3 is 0 Å². The molecule has 0 amide bonds. The van der Waals surface area contributed by atoms with E-state index in [1.807, 2.05) is 12.1 Å². The van der Waals surface area contributed by atoms with Gasteiger partial charge < -0.3 is 10.1 Å². The number of aliphatic hydroxyl groups is 1.